The predicted octanol–water partition coefficient (Wildman–Crippen LogP) is 1.12. The second-order valence-corrected chi connectivity index (χ2v) is 3.63. The molecule has 0 bridgehead atoms. The summed E-state index contributed by atoms with van der Waals surface area (Å²) in [7, 11) is 0. The zero-order valence-electron chi connectivity index (χ0n) is 6.76. The van der Waals surface area contributed by atoms with Crippen molar-refractivity contribution in [3.05, 3.63) is 0 Å². The maximum atomic E-state index is 12.4. The Labute approximate surface area is 73.0 Å². The van der Waals surface area contributed by atoms with Crippen molar-refractivity contribution in [2.75, 3.05) is 0 Å². The molecular weight excluding hydrogens is 182 g/mol. The van der Waals surface area contributed by atoms with Gasteiger partial charge in [0.1, 0.15) is 0 Å². The molecule has 0 radical (unpaired) electrons. The Morgan fingerprint density at radius 2 is 1.92 bits per heavy atom. The fraction of sp³-hybridized carbons (Fsp3) is 0.750. The normalized spacial score (nSPS) is 32.9. The number of alkyl halides is 2. The summed E-state index contributed by atoms with van der Waals surface area (Å²) in [5.74, 6) is -4.85. The van der Waals surface area contributed by atoms with E-state index in [1.54, 1.807) is 0 Å². The molecule has 1 aliphatic heterocycles. The molecule has 0 aromatic carbocycles. The van der Waals surface area contributed by atoms with Gasteiger partial charge in [-0.2, -0.15) is 0 Å². The molecule has 0 N–H and O–H groups in total. The zero-order valence-corrected chi connectivity index (χ0v) is 6.76. The largest absolute Gasteiger partial charge is 0.393 e. The molecule has 2 fully saturated rings. The fourth-order valence-electron chi connectivity index (χ4n) is 1.84. The third-order valence-electron chi connectivity index (χ3n) is 2.59. The van der Waals surface area contributed by atoms with Gasteiger partial charge in [-0.15, -0.1) is 0 Å². The molecule has 2 rings (SSSR count). The Kier molecular flexibility index (Phi) is 1.65. The lowest BCUT2D eigenvalue weighted by molar-refractivity contribution is -0.158. The Morgan fingerprint density at radius 3 is 2.31 bits per heavy atom. The van der Waals surface area contributed by atoms with Gasteiger partial charge in [0.05, 0.1) is 12.3 Å². The first-order valence-electron chi connectivity index (χ1n) is 4.10. The summed E-state index contributed by atoms with van der Waals surface area (Å²) in [6, 6.07) is 0. The summed E-state index contributed by atoms with van der Waals surface area (Å²) in [6.45, 7) is 0. The van der Waals surface area contributed by atoms with E-state index in [1.807, 2.05) is 0 Å². The highest BCUT2D eigenvalue weighted by Crippen LogP contribution is 2.48. The average molecular weight is 190 g/mol. The van der Waals surface area contributed by atoms with Crippen molar-refractivity contribution in [3.8, 4) is 0 Å². The summed E-state index contributed by atoms with van der Waals surface area (Å²) in [5, 5.41) is 0. The van der Waals surface area contributed by atoms with Gasteiger partial charge in [0.15, 0.2) is 0 Å². The molecule has 1 aliphatic carbocycles. The minimum atomic E-state index is -2.64. The summed E-state index contributed by atoms with van der Waals surface area (Å²) >= 11 is 0. The molecule has 3 nitrogen and oxygen atoms in total. The molecule has 1 atom stereocenters. The van der Waals surface area contributed by atoms with Gasteiger partial charge in [-0.1, -0.05) is 0 Å². The van der Waals surface area contributed by atoms with Crippen molar-refractivity contribution >= 4 is 11.9 Å². The maximum absolute atomic E-state index is 12.4. The monoisotopic (exact) mass is 190 g/mol. The minimum absolute atomic E-state index is 0.0282. The van der Waals surface area contributed by atoms with Gasteiger partial charge in [-0.3, -0.25) is 9.59 Å². The Hall–Kier alpha value is -1.00. The molecule has 1 saturated carbocycles. The SMILES string of the molecule is O=C1CC(C2CC(F)(F)C2)C(=O)O1. The second kappa shape index (κ2) is 2.49. The summed E-state index contributed by atoms with van der Waals surface area (Å²) in [6.07, 6.45) is -0.611. The molecule has 0 aromatic heterocycles. The Morgan fingerprint density at radius 1 is 1.31 bits per heavy atom. The van der Waals surface area contributed by atoms with Crippen LogP contribution in [0.25, 0.3) is 0 Å². The van der Waals surface area contributed by atoms with E-state index in [9.17, 15) is 18.4 Å². The van der Waals surface area contributed by atoms with Gasteiger partial charge in [0, 0.05) is 12.8 Å². The number of cyclic esters (lactones) is 2. The van der Waals surface area contributed by atoms with Gasteiger partial charge in [-0.05, 0) is 5.92 Å². The number of rotatable bonds is 1. The lowest BCUT2D eigenvalue weighted by Crippen LogP contribution is -2.40. The van der Waals surface area contributed by atoms with Gasteiger partial charge in [-0.25, -0.2) is 8.78 Å². The van der Waals surface area contributed by atoms with E-state index in [0.29, 0.717) is 0 Å². The zero-order chi connectivity index (χ0) is 9.64. The quantitative estimate of drug-likeness (QED) is 0.459. The van der Waals surface area contributed by atoms with Gasteiger partial charge in [0.25, 0.3) is 0 Å². The van der Waals surface area contributed by atoms with E-state index in [4.69, 9.17) is 0 Å². The third kappa shape index (κ3) is 1.43. The molecule has 0 spiro atoms. The van der Waals surface area contributed by atoms with Crippen LogP contribution in [0.5, 0.6) is 0 Å². The number of carbonyl (C=O) groups is 2. The van der Waals surface area contributed by atoms with Crippen LogP contribution < -0.4 is 0 Å². The van der Waals surface area contributed by atoms with Gasteiger partial charge >= 0.3 is 11.9 Å². The first kappa shape index (κ1) is 8.59. The van der Waals surface area contributed by atoms with E-state index >= 15 is 0 Å². The van der Waals surface area contributed by atoms with Crippen LogP contribution in [0.2, 0.25) is 0 Å². The first-order chi connectivity index (χ1) is 5.98. The summed E-state index contributed by atoms with van der Waals surface area (Å²) < 4.78 is 29.1. The molecule has 1 unspecified atom stereocenters. The number of hydrogen-bond acceptors (Lipinski definition) is 3. The molecular formula is C8H8F2O3. The highest BCUT2D eigenvalue weighted by molar-refractivity contribution is 5.94. The topological polar surface area (TPSA) is 43.4 Å². The van der Waals surface area contributed by atoms with Crippen LogP contribution in [-0.2, 0) is 14.3 Å². The maximum Gasteiger partial charge on any atom is 0.317 e. The van der Waals surface area contributed by atoms with Crippen LogP contribution in [0.1, 0.15) is 19.3 Å². The van der Waals surface area contributed by atoms with Crippen molar-refractivity contribution < 1.29 is 23.1 Å². The third-order valence-corrected chi connectivity index (χ3v) is 2.59. The van der Waals surface area contributed by atoms with Crippen LogP contribution in [0.3, 0.4) is 0 Å². The van der Waals surface area contributed by atoms with Crippen LogP contribution in [0.15, 0.2) is 0 Å². The number of halogens is 2. The van der Waals surface area contributed by atoms with Crippen molar-refractivity contribution in [2.45, 2.75) is 25.2 Å². The number of carbonyl (C=O) groups excluding carboxylic acids is 2. The van der Waals surface area contributed by atoms with Crippen LogP contribution >= 0.6 is 0 Å². The highest BCUT2D eigenvalue weighted by atomic mass is 19.3. The van der Waals surface area contributed by atoms with Gasteiger partial charge in [0.2, 0.25) is 5.92 Å². The van der Waals surface area contributed by atoms with Gasteiger partial charge < -0.3 is 4.74 Å². The van der Waals surface area contributed by atoms with Crippen LogP contribution in [-0.4, -0.2) is 17.9 Å². The van der Waals surface area contributed by atoms with E-state index < -0.39 is 23.8 Å². The second-order valence-electron chi connectivity index (χ2n) is 3.63. The van der Waals surface area contributed by atoms with Crippen molar-refractivity contribution in [1.82, 2.24) is 0 Å². The Bertz CT molecular complexity index is 267. The van der Waals surface area contributed by atoms with E-state index in [2.05, 4.69) is 4.74 Å². The lowest BCUT2D eigenvalue weighted by atomic mass is 9.72. The molecule has 13 heavy (non-hydrogen) atoms. The van der Waals surface area contributed by atoms with E-state index in [-0.39, 0.29) is 25.2 Å². The van der Waals surface area contributed by atoms with E-state index in [1.165, 1.54) is 0 Å². The number of ether oxygens (including phenoxy) is 1. The summed E-state index contributed by atoms with van der Waals surface area (Å²) in [4.78, 5) is 21.6. The molecule has 0 amide bonds. The molecule has 2 aliphatic rings. The molecule has 5 heteroatoms. The first-order valence-corrected chi connectivity index (χ1v) is 4.10. The van der Waals surface area contributed by atoms with E-state index in [0.717, 1.165) is 0 Å². The lowest BCUT2D eigenvalue weighted by Gasteiger charge is -2.36. The summed E-state index contributed by atoms with van der Waals surface area (Å²) in [5.41, 5.74) is 0. The predicted molar refractivity (Wildman–Crippen MR) is 36.9 cm³/mol. The van der Waals surface area contributed by atoms with Crippen LogP contribution in [0.4, 0.5) is 8.78 Å². The standard InChI is InChI=1S/C8H8F2O3/c9-8(10)2-4(3-8)5-1-6(11)13-7(5)12/h4-5H,1-3H2. The van der Waals surface area contributed by atoms with Crippen molar-refractivity contribution in [3.63, 3.8) is 0 Å². The van der Waals surface area contributed by atoms with Crippen LogP contribution in [0, 0.1) is 11.8 Å². The molecule has 0 aromatic rings. The minimum Gasteiger partial charge on any atom is -0.393 e. The average Bonchev–Trinajstić information content (AvgIpc) is 2.24. The molecule has 1 saturated heterocycles. The smallest absolute Gasteiger partial charge is 0.317 e. The highest BCUT2D eigenvalue weighted by Gasteiger charge is 2.53. The number of hydrogen-bond donors (Lipinski definition) is 0. The number of esters is 2. The fourth-order valence-corrected chi connectivity index (χ4v) is 1.84. The van der Waals surface area contributed by atoms with Crippen molar-refractivity contribution in [1.29, 1.82) is 0 Å². The molecule has 72 valence electrons. The van der Waals surface area contributed by atoms with Crippen molar-refractivity contribution in [2.24, 2.45) is 11.8 Å². The Balaban J connectivity index is 1.97. The molecule has 1 heterocycles.